The highest BCUT2D eigenvalue weighted by Gasteiger charge is 2.18. The molecule has 0 radical (unpaired) electrons. The van der Waals surface area contributed by atoms with E-state index in [9.17, 15) is 0 Å². The highest BCUT2D eigenvalue weighted by Crippen LogP contribution is 2.24. The van der Waals surface area contributed by atoms with Gasteiger partial charge >= 0.3 is 0 Å². The third-order valence-electron chi connectivity index (χ3n) is 4.08. The molecule has 4 rings (SSSR count). The van der Waals surface area contributed by atoms with Gasteiger partial charge < -0.3 is 15.2 Å². The Balaban J connectivity index is 1.61. The lowest BCUT2D eigenvalue weighted by molar-refractivity contribution is 0.624. The lowest BCUT2D eigenvalue weighted by Crippen LogP contribution is -2.27. The molecular formula is C17H19N7. The van der Waals surface area contributed by atoms with Crippen LogP contribution in [0.15, 0.2) is 43.2 Å². The summed E-state index contributed by atoms with van der Waals surface area (Å²) >= 11 is 0. The van der Waals surface area contributed by atoms with E-state index in [0.717, 1.165) is 55.5 Å². The van der Waals surface area contributed by atoms with Crippen molar-refractivity contribution >= 4 is 5.82 Å². The molecular weight excluding hydrogens is 302 g/mol. The molecule has 0 fully saturated rings. The molecule has 0 aliphatic carbocycles. The van der Waals surface area contributed by atoms with Gasteiger partial charge in [-0.1, -0.05) is 0 Å². The summed E-state index contributed by atoms with van der Waals surface area (Å²) < 4.78 is 2.05. The maximum atomic E-state index is 4.76. The maximum Gasteiger partial charge on any atom is 0.163 e. The van der Waals surface area contributed by atoms with Crippen LogP contribution in [-0.4, -0.2) is 37.6 Å². The highest BCUT2D eigenvalue weighted by atomic mass is 15.1. The Morgan fingerprint density at radius 1 is 1.21 bits per heavy atom. The van der Waals surface area contributed by atoms with Gasteiger partial charge in [0.25, 0.3) is 0 Å². The molecule has 3 aromatic heterocycles. The predicted octanol–water partition coefficient (Wildman–Crippen LogP) is 1.49. The van der Waals surface area contributed by atoms with Crippen molar-refractivity contribution in [3.63, 3.8) is 0 Å². The Morgan fingerprint density at radius 3 is 3.04 bits per heavy atom. The second-order valence-electron chi connectivity index (χ2n) is 5.72. The van der Waals surface area contributed by atoms with Gasteiger partial charge in [0.2, 0.25) is 0 Å². The van der Waals surface area contributed by atoms with E-state index in [0.29, 0.717) is 0 Å². The first-order chi connectivity index (χ1) is 11.9. The molecule has 0 amide bonds. The minimum atomic E-state index is 0.718. The average Bonchev–Trinajstić information content (AvgIpc) is 3.16. The van der Waals surface area contributed by atoms with E-state index in [-0.39, 0.29) is 0 Å². The van der Waals surface area contributed by atoms with E-state index in [1.807, 2.05) is 29.2 Å². The van der Waals surface area contributed by atoms with Gasteiger partial charge in [-0.15, -0.1) is 0 Å². The smallest absolute Gasteiger partial charge is 0.163 e. The number of fused-ring (bicyclic) bond motifs is 1. The Morgan fingerprint density at radius 2 is 2.21 bits per heavy atom. The summed E-state index contributed by atoms with van der Waals surface area (Å²) in [5.41, 5.74) is 3.22. The number of aromatic nitrogens is 5. The van der Waals surface area contributed by atoms with E-state index in [1.165, 1.54) is 5.56 Å². The second-order valence-corrected chi connectivity index (χ2v) is 5.72. The van der Waals surface area contributed by atoms with Crippen LogP contribution in [0, 0.1) is 0 Å². The van der Waals surface area contributed by atoms with Gasteiger partial charge in [0, 0.05) is 55.5 Å². The van der Waals surface area contributed by atoms with Crippen molar-refractivity contribution in [2.75, 3.05) is 18.4 Å². The van der Waals surface area contributed by atoms with E-state index < -0.39 is 0 Å². The van der Waals surface area contributed by atoms with E-state index in [4.69, 9.17) is 9.97 Å². The van der Waals surface area contributed by atoms with Crippen LogP contribution in [0.5, 0.6) is 0 Å². The summed E-state index contributed by atoms with van der Waals surface area (Å²) in [7, 11) is 0. The monoisotopic (exact) mass is 321 g/mol. The molecule has 4 heterocycles. The first-order valence-electron chi connectivity index (χ1n) is 8.10. The summed E-state index contributed by atoms with van der Waals surface area (Å²) in [4.78, 5) is 17.7. The van der Waals surface area contributed by atoms with Crippen molar-refractivity contribution in [3.8, 4) is 11.4 Å². The van der Waals surface area contributed by atoms with Crippen LogP contribution in [-0.2, 0) is 19.5 Å². The van der Waals surface area contributed by atoms with Crippen molar-refractivity contribution < 1.29 is 0 Å². The van der Waals surface area contributed by atoms with Crippen molar-refractivity contribution in [3.05, 3.63) is 54.5 Å². The fraction of sp³-hybridized carbons (Fsp3) is 0.294. The molecule has 0 saturated carbocycles. The predicted molar refractivity (Wildman–Crippen MR) is 91.4 cm³/mol. The lowest BCUT2D eigenvalue weighted by atomic mass is 10.1. The fourth-order valence-electron chi connectivity index (χ4n) is 2.85. The summed E-state index contributed by atoms with van der Waals surface area (Å²) in [5.74, 6) is 1.65. The molecule has 1 aliphatic heterocycles. The lowest BCUT2D eigenvalue weighted by Gasteiger charge is -2.20. The molecule has 2 N–H and O–H groups in total. The first kappa shape index (κ1) is 14.8. The van der Waals surface area contributed by atoms with Gasteiger partial charge in [-0.2, -0.15) is 0 Å². The van der Waals surface area contributed by atoms with E-state index in [1.54, 1.807) is 18.6 Å². The van der Waals surface area contributed by atoms with Crippen LogP contribution in [0.3, 0.4) is 0 Å². The van der Waals surface area contributed by atoms with Crippen LogP contribution in [0.2, 0.25) is 0 Å². The topological polar surface area (TPSA) is 80.6 Å². The van der Waals surface area contributed by atoms with Gasteiger partial charge in [0.1, 0.15) is 5.82 Å². The number of nitrogens with zero attached hydrogens (tertiary/aromatic N) is 5. The average molecular weight is 321 g/mol. The van der Waals surface area contributed by atoms with Crippen molar-refractivity contribution in [2.45, 2.75) is 19.5 Å². The molecule has 7 heteroatoms. The molecule has 122 valence electrons. The van der Waals surface area contributed by atoms with Gasteiger partial charge in [-0.3, -0.25) is 4.98 Å². The summed E-state index contributed by atoms with van der Waals surface area (Å²) in [5, 5.41) is 6.85. The minimum Gasteiger partial charge on any atom is -0.368 e. The second kappa shape index (κ2) is 6.76. The Kier molecular flexibility index (Phi) is 4.16. The van der Waals surface area contributed by atoms with Crippen molar-refractivity contribution in [1.82, 2.24) is 29.8 Å². The van der Waals surface area contributed by atoms with Crippen LogP contribution in [0.1, 0.15) is 11.3 Å². The zero-order chi connectivity index (χ0) is 16.2. The summed E-state index contributed by atoms with van der Waals surface area (Å²) in [6, 6.07) is 3.89. The number of anilines is 1. The molecule has 0 unspecified atom stereocenters. The normalized spacial score (nSPS) is 13.5. The summed E-state index contributed by atoms with van der Waals surface area (Å²) in [6.07, 6.45) is 10.1. The van der Waals surface area contributed by atoms with Crippen LogP contribution < -0.4 is 10.6 Å². The first-order valence-corrected chi connectivity index (χ1v) is 8.10. The standard InChI is InChI=1S/C17H19N7/c1-2-13(10-18-4-1)16-22-15-11-19-5-3-14(15)17(23-16)21-7-9-24-8-6-20-12-24/h1-2,4,6,8,10,12,19H,3,5,7,9,11H2,(H,21,22,23). The van der Waals surface area contributed by atoms with Crippen molar-refractivity contribution in [1.29, 1.82) is 0 Å². The Hall–Kier alpha value is -2.80. The van der Waals surface area contributed by atoms with Crippen LogP contribution >= 0.6 is 0 Å². The third-order valence-corrected chi connectivity index (χ3v) is 4.08. The fourth-order valence-corrected chi connectivity index (χ4v) is 2.85. The molecule has 24 heavy (non-hydrogen) atoms. The number of rotatable bonds is 5. The minimum absolute atomic E-state index is 0.718. The van der Waals surface area contributed by atoms with Crippen molar-refractivity contribution in [2.24, 2.45) is 0 Å². The zero-order valence-electron chi connectivity index (χ0n) is 13.3. The molecule has 0 spiro atoms. The molecule has 7 nitrogen and oxygen atoms in total. The number of hydrogen-bond donors (Lipinski definition) is 2. The molecule has 0 saturated heterocycles. The summed E-state index contributed by atoms with van der Waals surface area (Å²) in [6.45, 7) is 3.37. The maximum absolute atomic E-state index is 4.76. The zero-order valence-corrected chi connectivity index (χ0v) is 13.3. The number of hydrogen-bond acceptors (Lipinski definition) is 6. The van der Waals surface area contributed by atoms with Crippen LogP contribution in [0.25, 0.3) is 11.4 Å². The largest absolute Gasteiger partial charge is 0.368 e. The van der Waals surface area contributed by atoms with E-state index >= 15 is 0 Å². The van der Waals surface area contributed by atoms with Gasteiger partial charge in [0.15, 0.2) is 5.82 Å². The van der Waals surface area contributed by atoms with Gasteiger partial charge in [-0.05, 0) is 25.1 Å². The molecule has 3 aromatic rings. The molecule has 1 aliphatic rings. The molecule has 0 aromatic carbocycles. The third kappa shape index (κ3) is 3.11. The molecule has 0 atom stereocenters. The van der Waals surface area contributed by atoms with Crippen LogP contribution in [0.4, 0.5) is 5.82 Å². The van der Waals surface area contributed by atoms with Gasteiger partial charge in [-0.25, -0.2) is 15.0 Å². The Bertz CT molecular complexity index is 799. The highest BCUT2D eigenvalue weighted by molar-refractivity contribution is 5.59. The van der Waals surface area contributed by atoms with E-state index in [2.05, 4.69) is 20.6 Å². The Labute approximate surface area is 140 Å². The number of nitrogens with one attached hydrogen (secondary N) is 2. The number of pyridine rings is 1. The van der Waals surface area contributed by atoms with Gasteiger partial charge in [0.05, 0.1) is 12.0 Å². The SMILES string of the molecule is c1cncc(-c2nc3c(c(NCCn4ccnc4)n2)CCNC3)c1. The number of imidazole rings is 1. The quantitative estimate of drug-likeness (QED) is 0.741. The molecule has 0 bridgehead atoms.